The van der Waals surface area contributed by atoms with Gasteiger partial charge in [-0.25, -0.2) is 0 Å². The van der Waals surface area contributed by atoms with Crippen LogP contribution < -0.4 is 10.2 Å². The Kier molecular flexibility index (Phi) is 3.54. The first-order valence-electron chi connectivity index (χ1n) is 5.10. The molecule has 1 heterocycles. The average Bonchev–Trinajstić information content (AvgIpc) is 2.22. The van der Waals surface area contributed by atoms with Gasteiger partial charge in [-0.2, -0.15) is 0 Å². The molecule has 2 nitrogen and oxygen atoms in total. The van der Waals surface area contributed by atoms with Crippen LogP contribution in [0.1, 0.15) is 6.92 Å². The van der Waals surface area contributed by atoms with Crippen molar-refractivity contribution in [3.63, 3.8) is 0 Å². The monoisotopic (exact) mass is 288 g/mol. The van der Waals surface area contributed by atoms with E-state index < -0.39 is 0 Å². The quantitative estimate of drug-likeness (QED) is 0.855. The number of hydrogen-bond donors (Lipinski definition) is 1. The van der Waals surface area contributed by atoms with Crippen LogP contribution in [0, 0.1) is 0 Å². The minimum Gasteiger partial charge on any atom is -0.368 e. The van der Waals surface area contributed by atoms with Crippen LogP contribution in [0.4, 0.5) is 5.69 Å². The van der Waals surface area contributed by atoms with E-state index in [1.54, 1.807) is 0 Å². The minimum atomic E-state index is 0.532. The lowest BCUT2D eigenvalue weighted by molar-refractivity contribution is 0.484. The van der Waals surface area contributed by atoms with Gasteiger partial charge in [0, 0.05) is 35.2 Å². The van der Waals surface area contributed by atoms with Crippen LogP contribution >= 0.6 is 27.5 Å². The Labute approximate surface area is 104 Å². The normalized spacial score (nSPS) is 21.8. The fourth-order valence-corrected chi connectivity index (χ4v) is 2.54. The van der Waals surface area contributed by atoms with E-state index in [0.717, 1.165) is 29.1 Å². The predicted molar refractivity (Wildman–Crippen MR) is 68.8 cm³/mol. The van der Waals surface area contributed by atoms with Crippen LogP contribution in [0.5, 0.6) is 0 Å². The first-order valence-corrected chi connectivity index (χ1v) is 6.27. The lowest BCUT2D eigenvalue weighted by Gasteiger charge is -2.34. The van der Waals surface area contributed by atoms with Crippen LogP contribution in [0.3, 0.4) is 0 Å². The van der Waals surface area contributed by atoms with Crippen molar-refractivity contribution >= 4 is 33.2 Å². The molecule has 0 saturated carbocycles. The molecule has 1 N–H and O–H groups in total. The van der Waals surface area contributed by atoms with Gasteiger partial charge < -0.3 is 10.2 Å². The van der Waals surface area contributed by atoms with E-state index in [-0.39, 0.29) is 0 Å². The van der Waals surface area contributed by atoms with Crippen molar-refractivity contribution in [1.29, 1.82) is 0 Å². The number of nitrogens with zero attached hydrogens (tertiary/aromatic N) is 1. The second-order valence-electron chi connectivity index (χ2n) is 3.90. The van der Waals surface area contributed by atoms with Crippen molar-refractivity contribution in [1.82, 2.24) is 5.32 Å². The maximum atomic E-state index is 6.01. The summed E-state index contributed by atoms with van der Waals surface area (Å²) in [7, 11) is 0. The smallest absolute Gasteiger partial charge is 0.0526 e. The third-order valence-corrected chi connectivity index (χ3v) is 3.52. The number of hydrogen-bond acceptors (Lipinski definition) is 2. The van der Waals surface area contributed by atoms with Gasteiger partial charge in [0.1, 0.15) is 0 Å². The third-order valence-electron chi connectivity index (χ3n) is 2.62. The van der Waals surface area contributed by atoms with Crippen molar-refractivity contribution in [3.05, 3.63) is 27.7 Å². The molecule has 1 aromatic rings. The van der Waals surface area contributed by atoms with Crippen molar-refractivity contribution in [2.24, 2.45) is 0 Å². The summed E-state index contributed by atoms with van der Waals surface area (Å²) in [5.41, 5.74) is 1.19. The molecule has 1 aliphatic rings. The van der Waals surface area contributed by atoms with Gasteiger partial charge in [-0.15, -0.1) is 0 Å². The van der Waals surface area contributed by atoms with Gasteiger partial charge in [-0.3, -0.25) is 0 Å². The van der Waals surface area contributed by atoms with Crippen LogP contribution in [-0.2, 0) is 0 Å². The standard InChI is InChI=1S/C11H14BrClN2/c1-8-7-15(5-4-14-8)11-6-9(13)2-3-10(11)12/h2-3,6,8,14H,4-5,7H2,1H3. The van der Waals surface area contributed by atoms with E-state index >= 15 is 0 Å². The second-order valence-corrected chi connectivity index (χ2v) is 5.19. The molecule has 1 unspecified atom stereocenters. The Morgan fingerprint density at radius 3 is 3.07 bits per heavy atom. The number of nitrogens with one attached hydrogen (secondary N) is 1. The number of anilines is 1. The molecule has 2 rings (SSSR count). The van der Waals surface area contributed by atoms with Crippen molar-refractivity contribution in [2.75, 3.05) is 24.5 Å². The van der Waals surface area contributed by atoms with Gasteiger partial charge >= 0.3 is 0 Å². The van der Waals surface area contributed by atoms with Crippen molar-refractivity contribution in [2.45, 2.75) is 13.0 Å². The summed E-state index contributed by atoms with van der Waals surface area (Å²) >= 11 is 9.57. The van der Waals surface area contributed by atoms with Gasteiger partial charge in [-0.1, -0.05) is 11.6 Å². The Hall–Kier alpha value is -0.250. The number of benzene rings is 1. The topological polar surface area (TPSA) is 15.3 Å². The molecule has 0 bridgehead atoms. The fourth-order valence-electron chi connectivity index (χ4n) is 1.88. The Balaban J connectivity index is 2.24. The molecule has 0 aliphatic carbocycles. The van der Waals surface area contributed by atoms with Gasteiger partial charge in [0.15, 0.2) is 0 Å². The predicted octanol–water partition coefficient (Wildman–Crippen LogP) is 2.90. The molecule has 15 heavy (non-hydrogen) atoms. The minimum absolute atomic E-state index is 0.532. The van der Waals surface area contributed by atoms with Crippen LogP contribution in [0.2, 0.25) is 5.02 Å². The molecule has 0 radical (unpaired) electrons. The number of rotatable bonds is 1. The maximum absolute atomic E-state index is 6.01. The SMILES string of the molecule is CC1CN(c2cc(Cl)ccc2Br)CCN1. The molecule has 1 saturated heterocycles. The summed E-state index contributed by atoms with van der Waals surface area (Å²) in [6.45, 7) is 5.28. The molecule has 82 valence electrons. The van der Waals surface area contributed by atoms with E-state index in [4.69, 9.17) is 11.6 Å². The molecular weight excluding hydrogens is 275 g/mol. The largest absolute Gasteiger partial charge is 0.368 e. The van der Waals surface area contributed by atoms with Crippen molar-refractivity contribution < 1.29 is 0 Å². The average molecular weight is 290 g/mol. The number of piperazine rings is 1. The Bertz CT molecular complexity index is 356. The lowest BCUT2D eigenvalue weighted by atomic mass is 10.2. The summed E-state index contributed by atoms with van der Waals surface area (Å²) in [6, 6.07) is 6.46. The highest BCUT2D eigenvalue weighted by atomic mass is 79.9. The van der Waals surface area contributed by atoms with Crippen LogP contribution in [0.15, 0.2) is 22.7 Å². The summed E-state index contributed by atoms with van der Waals surface area (Å²) in [4.78, 5) is 2.36. The molecule has 1 fully saturated rings. The first-order chi connectivity index (χ1) is 7.16. The Morgan fingerprint density at radius 1 is 1.53 bits per heavy atom. The van der Waals surface area contributed by atoms with Gasteiger partial charge in [0.05, 0.1) is 5.69 Å². The first kappa shape index (κ1) is 11.2. The second kappa shape index (κ2) is 4.73. The van der Waals surface area contributed by atoms with Crippen molar-refractivity contribution in [3.8, 4) is 0 Å². The summed E-state index contributed by atoms with van der Waals surface area (Å²) in [5.74, 6) is 0. The number of halogens is 2. The summed E-state index contributed by atoms with van der Waals surface area (Å²) in [5, 5.41) is 4.22. The zero-order valence-electron chi connectivity index (χ0n) is 8.63. The maximum Gasteiger partial charge on any atom is 0.0526 e. The molecule has 0 aromatic heterocycles. The molecule has 0 spiro atoms. The molecular formula is C11H14BrClN2. The molecule has 0 amide bonds. The van der Waals surface area contributed by atoms with Crippen LogP contribution in [-0.4, -0.2) is 25.7 Å². The zero-order chi connectivity index (χ0) is 10.8. The van der Waals surface area contributed by atoms with Gasteiger partial charge in [0.2, 0.25) is 0 Å². The highest BCUT2D eigenvalue weighted by Gasteiger charge is 2.17. The van der Waals surface area contributed by atoms with E-state index in [1.165, 1.54) is 5.69 Å². The lowest BCUT2D eigenvalue weighted by Crippen LogP contribution is -2.49. The molecule has 1 aliphatic heterocycles. The Morgan fingerprint density at radius 2 is 2.33 bits per heavy atom. The van der Waals surface area contributed by atoms with E-state index in [1.807, 2.05) is 18.2 Å². The molecule has 1 atom stereocenters. The van der Waals surface area contributed by atoms with E-state index in [9.17, 15) is 0 Å². The summed E-state index contributed by atoms with van der Waals surface area (Å²) in [6.07, 6.45) is 0. The van der Waals surface area contributed by atoms with E-state index in [0.29, 0.717) is 6.04 Å². The van der Waals surface area contributed by atoms with Crippen LogP contribution in [0.25, 0.3) is 0 Å². The molecule has 4 heteroatoms. The highest BCUT2D eigenvalue weighted by Crippen LogP contribution is 2.29. The van der Waals surface area contributed by atoms with Gasteiger partial charge in [0.25, 0.3) is 0 Å². The highest BCUT2D eigenvalue weighted by molar-refractivity contribution is 9.10. The molecule has 1 aromatic carbocycles. The van der Waals surface area contributed by atoms with Gasteiger partial charge in [-0.05, 0) is 41.1 Å². The summed E-state index contributed by atoms with van der Waals surface area (Å²) < 4.78 is 1.11. The van der Waals surface area contributed by atoms with E-state index in [2.05, 4.69) is 33.1 Å². The third kappa shape index (κ3) is 2.65. The zero-order valence-corrected chi connectivity index (χ0v) is 11.0. The fraction of sp³-hybridized carbons (Fsp3) is 0.455.